The molecule has 2 aromatic carbocycles. The number of aryl methyl sites for hydroxylation is 3. The van der Waals surface area contributed by atoms with Gasteiger partial charge >= 0.3 is 0 Å². The van der Waals surface area contributed by atoms with Crippen molar-refractivity contribution in [3.05, 3.63) is 75.9 Å². The second kappa shape index (κ2) is 6.45. The minimum absolute atomic E-state index is 0.493. The van der Waals surface area contributed by atoms with Crippen molar-refractivity contribution in [2.45, 2.75) is 19.8 Å². The Morgan fingerprint density at radius 1 is 0.920 bits per heavy atom. The Morgan fingerprint density at radius 2 is 1.68 bits per heavy atom. The Bertz CT molecular complexity index is 1070. The molecule has 0 saturated carbocycles. The first-order valence-electron chi connectivity index (χ1n) is 8.29. The Morgan fingerprint density at radius 3 is 2.48 bits per heavy atom. The number of fused-ring (bicyclic) bond motifs is 3. The van der Waals surface area contributed by atoms with Gasteiger partial charge in [0.1, 0.15) is 5.52 Å². The number of benzene rings is 2. The van der Waals surface area contributed by atoms with Crippen molar-refractivity contribution in [2.24, 2.45) is 0 Å². The van der Waals surface area contributed by atoms with Crippen molar-refractivity contribution in [1.82, 2.24) is 9.97 Å². The van der Waals surface area contributed by atoms with Gasteiger partial charge in [-0.15, -0.1) is 0 Å². The fourth-order valence-electron chi connectivity index (χ4n) is 3.14. The van der Waals surface area contributed by atoms with Gasteiger partial charge in [0, 0.05) is 21.4 Å². The molecule has 0 radical (unpaired) electrons. The molecule has 4 aromatic rings. The van der Waals surface area contributed by atoms with Gasteiger partial charge in [-0.25, -0.2) is 4.98 Å². The number of hydrogen-bond acceptors (Lipinski definition) is 3. The lowest BCUT2D eigenvalue weighted by Gasteiger charge is -2.09. The van der Waals surface area contributed by atoms with Crippen molar-refractivity contribution in [1.29, 1.82) is 0 Å². The van der Waals surface area contributed by atoms with Gasteiger partial charge in [-0.05, 0) is 60.7 Å². The summed E-state index contributed by atoms with van der Waals surface area (Å²) in [6.45, 7) is 2.06. The van der Waals surface area contributed by atoms with E-state index < -0.39 is 0 Å². The third kappa shape index (κ3) is 3.22. The molecule has 0 saturated heterocycles. The van der Waals surface area contributed by atoms with Crippen LogP contribution in [0.4, 0.5) is 5.82 Å². The van der Waals surface area contributed by atoms with E-state index in [0.29, 0.717) is 5.82 Å². The molecule has 4 heteroatoms. The number of nitrogen functional groups attached to an aromatic ring is 1. The van der Waals surface area contributed by atoms with E-state index in [2.05, 4.69) is 81.4 Å². The average molecular weight is 392 g/mol. The van der Waals surface area contributed by atoms with Crippen LogP contribution in [0, 0.1) is 6.92 Å². The largest absolute Gasteiger partial charge is 0.382 e. The first kappa shape index (κ1) is 16.0. The lowest BCUT2D eigenvalue weighted by molar-refractivity contribution is 0.954. The molecule has 0 spiro atoms. The molecular weight excluding hydrogens is 374 g/mol. The van der Waals surface area contributed by atoms with E-state index in [-0.39, 0.29) is 0 Å². The topological polar surface area (TPSA) is 51.8 Å². The first-order chi connectivity index (χ1) is 12.1. The Hall–Kier alpha value is -2.46. The van der Waals surface area contributed by atoms with Gasteiger partial charge in [0.2, 0.25) is 0 Å². The molecule has 0 atom stereocenters. The molecule has 0 aliphatic rings. The van der Waals surface area contributed by atoms with E-state index >= 15 is 0 Å². The second-order valence-corrected chi connectivity index (χ2v) is 7.30. The fraction of sp³-hybridized carbons (Fsp3) is 0.143. The van der Waals surface area contributed by atoms with Crippen LogP contribution < -0.4 is 5.73 Å². The summed E-state index contributed by atoms with van der Waals surface area (Å²) < 4.78 is 1.10. The smallest absolute Gasteiger partial charge is 0.150 e. The van der Waals surface area contributed by atoms with E-state index in [1.54, 1.807) is 0 Å². The van der Waals surface area contributed by atoms with Crippen LogP contribution in [0.2, 0.25) is 0 Å². The second-order valence-electron chi connectivity index (χ2n) is 6.38. The Kier molecular flexibility index (Phi) is 4.14. The van der Waals surface area contributed by atoms with Crippen molar-refractivity contribution in [3.8, 4) is 0 Å². The molecular formula is C21H18BrN3. The molecule has 2 heterocycles. The Balaban J connectivity index is 1.73. The predicted octanol–water partition coefficient (Wildman–Crippen LogP) is 5.22. The van der Waals surface area contributed by atoms with Crippen LogP contribution in [-0.2, 0) is 12.8 Å². The maximum Gasteiger partial charge on any atom is 0.150 e. The normalized spacial score (nSPS) is 11.3. The minimum Gasteiger partial charge on any atom is -0.382 e. The van der Waals surface area contributed by atoms with Gasteiger partial charge in [0.15, 0.2) is 5.82 Å². The van der Waals surface area contributed by atoms with E-state index in [1.807, 2.05) is 6.20 Å². The van der Waals surface area contributed by atoms with Crippen LogP contribution in [0.3, 0.4) is 0 Å². The summed E-state index contributed by atoms with van der Waals surface area (Å²) in [5, 5.41) is 2.18. The molecule has 2 N–H and O–H groups in total. The molecule has 3 nitrogen and oxygen atoms in total. The zero-order valence-electron chi connectivity index (χ0n) is 14.0. The average Bonchev–Trinajstić information content (AvgIpc) is 2.61. The molecule has 0 aliphatic heterocycles. The lowest BCUT2D eigenvalue weighted by Crippen LogP contribution is -1.98. The monoisotopic (exact) mass is 391 g/mol. The van der Waals surface area contributed by atoms with E-state index in [9.17, 15) is 0 Å². The summed E-state index contributed by atoms with van der Waals surface area (Å²) in [5.74, 6) is 0.493. The van der Waals surface area contributed by atoms with Crippen LogP contribution >= 0.6 is 15.9 Å². The summed E-state index contributed by atoms with van der Waals surface area (Å²) >= 11 is 3.48. The summed E-state index contributed by atoms with van der Waals surface area (Å²) in [6.07, 6.45) is 3.84. The SMILES string of the molecule is Cc1ccc2c(c1)nc(N)c1ncc(CCc3ccc(Br)cc3)cc12. The van der Waals surface area contributed by atoms with E-state index in [1.165, 1.54) is 16.7 Å². The Labute approximate surface area is 155 Å². The summed E-state index contributed by atoms with van der Waals surface area (Å²) in [5.41, 5.74) is 11.5. The molecule has 25 heavy (non-hydrogen) atoms. The van der Waals surface area contributed by atoms with Crippen molar-refractivity contribution < 1.29 is 0 Å². The maximum absolute atomic E-state index is 6.12. The number of nitrogens with two attached hydrogens (primary N) is 1. The number of nitrogens with zero attached hydrogens (tertiary/aromatic N) is 2. The highest BCUT2D eigenvalue weighted by molar-refractivity contribution is 9.10. The molecule has 0 fully saturated rings. The van der Waals surface area contributed by atoms with Crippen LogP contribution in [0.5, 0.6) is 0 Å². The summed E-state index contributed by atoms with van der Waals surface area (Å²) in [4.78, 5) is 9.09. The quantitative estimate of drug-likeness (QED) is 0.487. The van der Waals surface area contributed by atoms with Crippen LogP contribution in [0.15, 0.2) is 59.2 Å². The van der Waals surface area contributed by atoms with Gasteiger partial charge in [0.05, 0.1) is 5.52 Å². The molecule has 124 valence electrons. The van der Waals surface area contributed by atoms with Gasteiger partial charge in [0.25, 0.3) is 0 Å². The fourth-order valence-corrected chi connectivity index (χ4v) is 3.40. The summed E-state index contributed by atoms with van der Waals surface area (Å²) in [7, 11) is 0. The van der Waals surface area contributed by atoms with Crippen LogP contribution in [0.1, 0.15) is 16.7 Å². The third-order valence-corrected chi connectivity index (χ3v) is 5.02. The molecule has 0 aliphatic carbocycles. The highest BCUT2D eigenvalue weighted by Crippen LogP contribution is 2.28. The number of hydrogen-bond donors (Lipinski definition) is 1. The lowest BCUT2D eigenvalue weighted by atomic mass is 10.0. The summed E-state index contributed by atoms with van der Waals surface area (Å²) in [6, 6.07) is 17.0. The minimum atomic E-state index is 0.493. The highest BCUT2D eigenvalue weighted by Gasteiger charge is 2.09. The number of halogens is 1. The molecule has 0 amide bonds. The molecule has 0 bridgehead atoms. The van der Waals surface area contributed by atoms with Gasteiger partial charge in [-0.2, -0.15) is 0 Å². The number of aromatic nitrogens is 2. The van der Waals surface area contributed by atoms with Crippen molar-refractivity contribution in [3.63, 3.8) is 0 Å². The third-order valence-electron chi connectivity index (χ3n) is 4.49. The molecule has 0 unspecified atom stereocenters. The zero-order chi connectivity index (χ0) is 17.4. The number of pyridine rings is 2. The zero-order valence-corrected chi connectivity index (χ0v) is 15.5. The molecule has 4 rings (SSSR count). The van der Waals surface area contributed by atoms with Crippen LogP contribution in [-0.4, -0.2) is 9.97 Å². The number of rotatable bonds is 3. The van der Waals surface area contributed by atoms with Gasteiger partial charge < -0.3 is 5.73 Å². The standard InChI is InChI=1S/C21H18BrN3/c1-13-2-9-17-18-11-15(4-3-14-5-7-16(22)8-6-14)12-24-20(18)21(23)25-19(17)10-13/h2,5-12H,3-4H2,1H3,(H2,23,25). The predicted molar refractivity (Wildman–Crippen MR) is 108 cm³/mol. The van der Waals surface area contributed by atoms with Crippen LogP contribution in [0.25, 0.3) is 21.8 Å². The molecule has 2 aromatic heterocycles. The number of anilines is 1. The van der Waals surface area contributed by atoms with Crippen molar-refractivity contribution in [2.75, 3.05) is 5.73 Å². The van der Waals surface area contributed by atoms with Gasteiger partial charge in [-0.1, -0.05) is 40.2 Å². The van der Waals surface area contributed by atoms with Crippen molar-refractivity contribution >= 4 is 43.6 Å². The first-order valence-corrected chi connectivity index (χ1v) is 9.08. The highest BCUT2D eigenvalue weighted by atomic mass is 79.9. The maximum atomic E-state index is 6.12. The van der Waals surface area contributed by atoms with E-state index in [4.69, 9.17) is 5.73 Å². The van der Waals surface area contributed by atoms with Gasteiger partial charge in [-0.3, -0.25) is 4.98 Å². The van der Waals surface area contributed by atoms with E-state index in [0.717, 1.165) is 39.1 Å².